The second-order valence-corrected chi connectivity index (χ2v) is 9.93. The Kier molecular flexibility index (Phi) is 7.82. The van der Waals surface area contributed by atoms with Crippen LogP contribution in [0, 0.1) is 6.92 Å². The zero-order chi connectivity index (χ0) is 21.0. The Bertz CT molecular complexity index is 951. The van der Waals surface area contributed by atoms with Gasteiger partial charge in [-0.15, -0.1) is 11.8 Å². The number of thiazole rings is 1. The molecule has 3 rings (SSSR count). The number of fused-ring (bicyclic) bond motifs is 1. The number of thioether (sulfide) groups is 1. The van der Waals surface area contributed by atoms with Gasteiger partial charge in [-0.05, 0) is 56.9 Å². The Morgan fingerprint density at radius 2 is 1.83 bits per heavy atom. The summed E-state index contributed by atoms with van der Waals surface area (Å²) in [6.07, 6.45) is 0.434. The predicted molar refractivity (Wildman–Crippen MR) is 127 cm³/mol. The molecule has 0 aliphatic carbocycles. The summed E-state index contributed by atoms with van der Waals surface area (Å²) in [6.45, 7) is 3.36. The van der Waals surface area contributed by atoms with Crippen molar-refractivity contribution >= 4 is 67.6 Å². The third-order valence-corrected chi connectivity index (χ3v) is 7.19. The highest BCUT2D eigenvalue weighted by Gasteiger charge is 2.21. The minimum Gasteiger partial charge on any atom is -0.308 e. The minimum atomic E-state index is 0.0705. The largest absolute Gasteiger partial charge is 0.308 e. The highest BCUT2D eigenvalue weighted by Crippen LogP contribution is 2.36. The number of rotatable bonds is 8. The molecule has 1 aromatic heterocycles. The Labute approximate surface area is 189 Å². The van der Waals surface area contributed by atoms with Crippen LogP contribution in [0.2, 0.25) is 10.0 Å². The zero-order valence-electron chi connectivity index (χ0n) is 16.6. The molecule has 1 amide bonds. The van der Waals surface area contributed by atoms with Crippen LogP contribution in [-0.2, 0) is 4.79 Å². The Morgan fingerprint density at radius 3 is 2.48 bits per heavy atom. The molecule has 0 N–H and O–H groups in total. The average Bonchev–Trinajstić information content (AvgIpc) is 3.13. The molecule has 2 aromatic carbocycles. The fraction of sp³-hybridized carbons (Fsp3) is 0.333. The maximum absolute atomic E-state index is 13.1. The molecule has 0 bridgehead atoms. The molecule has 154 valence electrons. The first-order valence-corrected chi connectivity index (χ1v) is 11.8. The first kappa shape index (κ1) is 22.4. The zero-order valence-corrected chi connectivity index (χ0v) is 19.8. The molecule has 0 unspecified atom stereocenters. The summed E-state index contributed by atoms with van der Waals surface area (Å²) in [6, 6.07) is 11.5. The van der Waals surface area contributed by atoms with Gasteiger partial charge >= 0.3 is 0 Å². The third-order valence-electron chi connectivity index (χ3n) is 4.39. The fourth-order valence-corrected chi connectivity index (χ4v) is 5.08. The highest BCUT2D eigenvalue weighted by atomic mass is 35.5. The SMILES string of the molecule is Cc1ccc(Cl)c2sc(N(CCN(C)C)C(=O)CCSc3ccc(Cl)cc3)nc12. The van der Waals surface area contributed by atoms with Gasteiger partial charge in [0.05, 0.1) is 15.2 Å². The molecule has 4 nitrogen and oxygen atoms in total. The summed E-state index contributed by atoms with van der Waals surface area (Å²) in [5, 5.41) is 2.09. The maximum atomic E-state index is 13.1. The van der Waals surface area contributed by atoms with Crippen LogP contribution in [0.4, 0.5) is 5.13 Å². The van der Waals surface area contributed by atoms with E-state index in [4.69, 9.17) is 28.2 Å². The van der Waals surface area contributed by atoms with Gasteiger partial charge in [0, 0.05) is 35.2 Å². The van der Waals surface area contributed by atoms with Crippen molar-refractivity contribution in [1.82, 2.24) is 9.88 Å². The molecule has 29 heavy (non-hydrogen) atoms. The summed E-state index contributed by atoms with van der Waals surface area (Å²) in [5.74, 6) is 0.769. The third kappa shape index (κ3) is 5.86. The quantitative estimate of drug-likeness (QED) is 0.381. The number of carbonyl (C=O) groups is 1. The molecule has 0 aliphatic rings. The molecule has 3 aromatic rings. The number of benzene rings is 2. The second-order valence-electron chi connectivity index (χ2n) is 6.94. The average molecular weight is 468 g/mol. The van der Waals surface area contributed by atoms with E-state index in [-0.39, 0.29) is 5.91 Å². The monoisotopic (exact) mass is 467 g/mol. The van der Waals surface area contributed by atoms with Crippen molar-refractivity contribution in [3.05, 3.63) is 52.0 Å². The van der Waals surface area contributed by atoms with Crippen molar-refractivity contribution in [3.8, 4) is 0 Å². The summed E-state index contributed by atoms with van der Waals surface area (Å²) in [5.41, 5.74) is 1.93. The van der Waals surface area contributed by atoms with Gasteiger partial charge in [-0.25, -0.2) is 4.98 Å². The van der Waals surface area contributed by atoms with Crippen LogP contribution in [0.3, 0.4) is 0 Å². The van der Waals surface area contributed by atoms with E-state index in [0.717, 1.165) is 27.2 Å². The fourth-order valence-electron chi connectivity index (χ4n) is 2.76. The molecule has 0 saturated heterocycles. The summed E-state index contributed by atoms with van der Waals surface area (Å²) in [7, 11) is 4.00. The molecule has 0 aliphatic heterocycles. The number of hydrogen-bond donors (Lipinski definition) is 0. The molecule has 0 radical (unpaired) electrons. The molecule has 0 atom stereocenters. The maximum Gasteiger partial charge on any atom is 0.229 e. The molecule has 1 heterocycles. The normalized spacial score (nSPS) is 11.4. The van der Waals surface area contributed by atoms with E-state index in [1.54, 1.807) is 16.7 Å². The van der Waals surface area contributed by atoms with Gasteiger partial charge in [-0.2, -0.15) is 0 Å². The van der Waals surface area contributed by atoms with Crippen molar-refractivity contribution in [1.29, 1.82) is 0 Å². The van der Waals surface area contributed by atoms with E-state index in [1.165, 1.54) is 11.3 Å². The van der Waals surface area contributed by atoms with Crippen LogP contribution in [0.5, 0.6) is 0 Å². The van der Waals surface area contributed by atoms with E-state index in [9.17, 15) is 4.79 Å². The number of nitrogens with zero attached hydrogens (tertiary/aromatic N) is 3. The number of hydrogen-bond acceptors (Lipinski definition) is 5. The summed E-state index contributed by atoms with van der Waals surface area (Å²) in [4.78, 5) is 22.8. The number of carbonyl (C=O) groups excluding carboxylic acids is 1. The van der Waals surface area contributed by atoms with Gasteiger partial charge < -0.3 is 4.90 Å². The van der Waals surface area contributed by atoms with E-state index in [2.05, 4.69) is 4.90 Å². The molecule has 0 spiro atoms. The number of amides is 1. The molecule has 8 heteroatoms. The van der Waals surface area contributed by atoms with Crippen LogP contribution >= 0.6 is 46.3 Å². The number of likely N-dealkylation sites (N-methyl/N-ethyl adjacent to an activating group) is 1. The molecular formula is C21H23Cl2N3OS2. The number of halogens is 2. The summed E-state index contributed by atoms with van der Waals surface area (Å²) < 4.78 is 0.930. The lowest BCUT2D eigenvalue weighted by Gasteiger charge is -2.22. The van der Waals surface area contributed by atoms with Crippen LogP contribution in [0.1, 0.15) is 12.0 Å². The van der Waals surface area contributed by atoms with Crippen LogP contribution in [0.25, 0.3) is 10.2 Å². The Morgan fingerprint density at radius 1 is 1.10 bits per heavy atom. The van der Waals surface area contributed by atoms with Crippen LogP contribution < -0.4 is 4.90 Å². The minimum absolute atomic E-state index is 0.0705. The topological polar surface area (TPSA) is 36.4 Å². The van der Waals surface area contributed by atoms with Crippen molar-refractivity contribution in [2.24, 2.45) is 0 Å². The Hall–Kier alpha value is -1.31. The van der Waals surface area contributed by atoms with Gasteiger partial charge in [0.25, 0.3) is 0 Å². The lowest BCUT2D eigenvalue weighted by atomic mass is 10.2. The van der Waals surface area contributed by atoms with Crippen LogP contribution in [-0.4, -0.2) is 48.7 Å². The van der Waals surface area contributed by atoms with E-state index in [0.29, 0.717) is 33.9 Å². The van der Waals surface area contributed by atoms with Crippen molar-refractivity contribution in [2.45, 2.75) is 18.2 Å². The van der Waals surface area contributed by atoms with Gasteiger partial charge in [0.1, 0.15) is 0 Å². The second kappa shape index (κ2) is 10.1. The lowest BCUT2D eigenvalue weighted by molar-refractivity contribution is -0.118. The van der Waals surface area contributed by atoms with Gasteiger partial charge in [-0.1, -0.05) is 40.6 Å². The lowest BCUT2D eigenvalue weighted by Crippen LogP contribution is -2.36. The number of aromatic nitrogens is 1. The first-order valence-electron chi connectivity index (χ1n) is 9.24. The molecular weight excluding hydrogens is 445 g/mol. The van der Waals surface area contributed by atoms with Gasteiger partial charge in [0.15, 0.2) is 5.13 Å². The van der Waals surface area contributed by atoms with Crippen molar-refractivity contribution in [2.75, 3.05) is 37.8 Å². The van der Waals surface area contributed by atoms with E-state index in [1.807, 2.05) is 57.4 Å². The van der Waals surface area contributed by atoms with E-state index < -0.39 is 0 Å². The van der Waals surface area contributed by atoms with Gasteiger partial charge in [-0.3, -0.25) is 9.69 Å². The van der Waals surface area contributed by atoms with Crippen LogP contribution in [0.15, 0.2) is 41.3 Å². The van der Waals surface area contributed by atoms with Gasteiger partial charge in [0.2, 0.25) is 5.91 Å². The number of aryl methyl sites for hydroxylation is 1. The highest BCUT2D eigenvalue weighted by molar-refractivity contribution is 7.99. The first-order chi connectivity index (χ1) is 13.8. The van der Waals surface area contributed by atoms with Crippen molar-refractivity contribution in [3.63, 3.8) is 0 Å². The van der Waals surface area contributed by atoms with Crippen molar-refractivity contribution < 1.29 is 4.79 Å². The molecule has 0 fully saturated rings. The number of anilines is 1. The summed E-state index contributed by atoms with van der Waals surface area (Å²) >= 11 is 15.4. The smallest absolute Gasteiger partial charge is 0.229 e. The molecule has 0 saturated carbocycles. The van der Waals surface area contributed by atoms with E-state index >= 15 is 0 Å². The standard InChI is InChI=1S/C21H23Cl2N3OS2/c1-14-4-9-17(23)20-19(14)24-21(29-20)26(12-11-25(2)3)18(27)10-13-28-16-7-5-15(22)6-8-16/h4-9H,10-13H2,1-3H3. The predicted octanol–water partition coefficient (Wildman–Crippen LogP) is 5.99. The Balaban J connectivity index is 1.75.